The normalized spacial score (nSPS) is 20.8. The summed E-state index contributed by atoms with van der Waals surface area (Å²) in [5, 5.41) is 4.08. The first-order chi connectivity index (χ1) is 10.6. The number of hydrogen-bond donors (Lipinski definition) is 0. The summed E-state index contributed by atoms with van der Waals surface area (Å²) < 4.78 is 1.68. The number of aryl methyl sites for hydroxylation is 1. The highest BCUT2D eigenvalue weighted by Crippen LogP contribution is 2.28. The molecule has 1 aliphatic heterocycles. The van der Waals surface area contributed by atoms with Crippen molar-refractivity contribution in [3.8, 4) is 0 Å². The Bertz CT molecular complexity index is 501. The van der Waals surface area contributed by atoms with Crippen LogP contribution in [0.4, 0.5) is 0 Å². The van der Waals surface area contributed by atoms with E-state index in [0.717, 1.165) is 12.5 Å². The molecule has 2 fully saturated rings. The Morgan fingerprint density at radius 1 is 1.27 bits per heavy atom. The molecule has 5 nitrogen and oxygen atoms in total. The fourth-order valence-corrected chi connectivity index (χ4v) is 3.61. The Morgan fingerprint density at radius 3 is 2.55 bits per heavy atom. The summed E-state index contributed by atoms with van der Waals surface area (Å²) in [5.74, 6) is 1.69. The van der Waals surface area contributed by atoms with E-state index in [9.17, 15) is 4.79 Å². The van der Waals surface area contributed by atoms with Crippen LogP contribution in [0, 0.1) is 11.8 Å². The zero-order valence-electron chi connectivity index (χ0n) is 13.9. The quantitative estimate of drug-likeness (QED) is 0.835. The Hall–Kier alpha value is -1.36. The summed E-state index contributed by atoms with van der Waals surface area (Å²) in [6, 6.07) is 0. The fourth-order valence-electron chi connectivity index (χ4n) is 3.61. The van der Waals surface area contributed by atoms with Gasteiger partial charge in [0.1, 0.15) is 0 Å². The number of likely N-dealkylation sites (tertiary alicyclic amines) is 1. The molecule has 5 heteroatoms. The molecule has 0 spiro atoms. The van der Waals surface area contributed by atoms with Crippen molar-refractivity contribution in [2.24, 2.45) is 18.9 Å². The number of amides is 1. The molecule has 1 saturated carbocycles. The summed E-state index contributed by atoms with van der Waals surface area (Å²) in [6.07, 6.45) is 10.2. The lowest BCUT2D eigenvalue weighted by molar-refractivity contribution is 0.0723. The van der Waals surface area contributed by atoms with E-state index < -0.39 is 0 Å². The maximum Gasteiger partial charge on any atom is 0.256 e. The number of carbonyl (C=O) groups is 1. The third-order valence-electron chi connectivity index (χ3n) is 5.28. The zero-order valence-corrected chi connectivity index (χ0v) is 13.9. The Balaban J connectivity index is 1.42. The maximum absolute atomic E-state index is 12.4. The van der Waals surface area contributed by atoms with Crippen LogP contribution in [0.1, 0.15) is 42.5 Å². The Labute approximate surface area is 133 Å². The van der Waals surface area contributed by atoms with Crippen LogP contribution in [0.3, 0.4) is 0 Å². The average Bonchev–Trinajstić information content (AvgIpc) is 2.90. The first kappa shape index (κ1) is 15.5. The van der Waals surface area contributed by atoms with Gasteiger partial charge in [0.2, 0.25) is 0 Å². The van der Waals surface area contributed by atoms with Gasteiger partial charge in [0.05, 0.1) is 11.8 Å². The van der Waals surface area contributed by atoms with Gasteiger partial charge in [0.15, 0.2) is 0 Å². The molecule has 3 rings (SSSR count). The van der Waals surface area contributed by atoms with Gasteiger partial charge in [-0.05, 0) is 50.6 Å². The van der Waals surface area contributed by atoms with Crippen molar-refractivity contribution in [1.29, 1.82) is 0 Å². The van der Waals surface area contributed by atoms with E-state index in [2.05, 4.69) is 10.00 Å². The van der Waals surface area contributed by atoms with Gasteiger partial charge in [-0.2, -0.15) is 5.10 Å². The number of hydrogen-bond acceptors (Lipinski definition) is 3. The van der Waals surface area contributed by atoms with Gasteiger partial charge in [-0.3, -0.25) is 9.48 Å². The van der Waals surface area contributed by atoms with Crippen LogP contribution in [0.5, 0.6) is 0 Å². The van der Waals surface area contributed by atoms with Crippen LogP contribution >= 0.6 is 0 Å². The third kappa shape index (κ3) is 3.69. The van der Waals surface area contributed by atoms with E-state index in [-0.39, 0.29) is 5.91 Å². The summed E-state index contributed by atoms with van der Waals surface area (Å²) in [7, 11) is 3.75. The zero-order chi connectivity index (χ0) is 15.5. The topological polar surface area (TPSA) is 41.4 Å². The highest BCUT2D eigenvalue weighted by Gasteiger charge is 2.26. The maximum atomic E-state index is 12.4. The van der Waals surface area contributed by atoms with E-state index in [1.165, 1.54) is 51.7 Å². The van der Waals surface area contributed by atoms with E-state index in [4.69, 9.17) is 0 Å². The van der Waals surface area contributed by atoms with Gasteiger partial charge in [-0.1, -0.05) is 6.42 Å². The van der Waals surface area contributed by atoms with Gasteiger partial charge in [-0.25, -0.2) is 0 Å². The van der Waals surface area contributed by atoms with Crippen LogP contribution < -0.4 is 0 Å². The summed E-state index contributed by atoms with van der Waals surface area (Å²) in [4.78, 5) is 16.8. The van der Waals surface area contributed by atoms with Crippen molar-refractivity contribution >= 4 is 5.91 Å². The highest BCUT2D eigenvalue weighted by molar-refractivity contribution is 5.93. The fraction of sp³-hybridized carbons (Fsp3) is 0.765. The molecule has 22 heavy (non-hydrogen) atoms. The predicted molar refractivity (Wildman–Crippen MR) is 86.7 cm³/mol. The Kier molecular flexibility index (Phi) is 4.81. The highest BCUT2D eigenvalue weighted by atomic mass is 16.2. The van der Waals surface area contributed by atoms with Crippen LogP contribution in [-0.4, -0.2) is 58.7 Å². The molecule has 0 atom stereocenters. The van der Waals surface area contributed by atoms with Gasteiger partial charge >= 0.3 is 0 Å². The molecule has 1 aromatic rings. The molecule has 122 valence electrons. The summed E-state index contributed by atoms with van der Waals surface area (Å²) >= 11 is 0. The lowest BCUT2D eigenvalue weighted by Gasteiger charge is -2.37. The van der Waals surface area contributed by atoms with Gasteiger partial charge in [0.25, 0.3) is 5.91 Å². The number of piperidine rings is 1. The van der Waals surface area contributed by atoms with E-state index in [1.807, 2.05) is 19.0 Å². The first-order valence-corrected chi connectivity index (χ1v) is 8.58. The predicted octanol–water partition coefficient (Wildman–Crippen LogP) is 2.00. The van der Waals surface area contributed by atoms with Crippen molar-refractivity contribution < 1.29 is 4.79 Å². The summed E-state index contributed by atoms with van der Waals surface area (Å²) in [5.41, 5.74) is 0.687. The molecule has 2 heterocycles. The lowest BCUT2D eigenvalue weighted by atomic mass is 9.84. The second-order valence-electron chi connectivity index (χ2n) is 7.13. The number of nitrogens with zero attached hydrogens (tertiary/aromatic N) is 4. The average molecular weight is 304 g/mol. The largest absolute Gasteiger partial charge is 0.341 e. The molecule has 0 bridgehead atoms. The number of carbonyl (C=O) groups excluding carboxylic acids is 1. The van der Waals surface area contributed by atoms with Gasteiger partial charge in [-0.15, -0.1) is 0 Å². The van der Waals surface area contributed by atoms with Crippen molar-refractivity contribution in [3.63, 3.8) is 0 Å². The molecular weight excluding hydrogens is 276 g/mol. The second kappa shape index (κ2) is 6.82. The van der Waals surface area contributed by atoms with Crippen molar-refractivity contribution in [2.75, 3.05) is 33.2 Å². The lowest BCUT2D eigenvalue weighted by Crippen LogP contribution is -2.41. The molecule has 0 unspecified atom stereocenters. The van der Waals surface area contributed by atoms with Gasteiger partial charge < -0.3 is 9.80 Å². The van der Waals surface area contributed by atoms with Crippen LogP contribution in [0.25, 0.3) is 0 Å². The van der Waals surface area contributed by atoms with E-state index in [0.29, 0.717) is 11.5 Å². The number of aromatic nitrogens is 2. The van der Waals surface area contributed by atoms with E-state index in [1.54, 1.807) is 17.1 Å². The molecular formula is C17H28N4O. The summed E-state index contributed by atoms with van der Waals surface area (Å²) in [6.45, 7) is 4.58. The molecule has 2 aliphatic rings. The van der Waals surface area contributed by atoms with Crippen molar-refractivity contribution in [3.05, 3.63) is 18.0 Å². The monoisotopic (exact) mass is 304 g/mol. The molecule has 0 aromatic carbocycles. The van der Waals surface area contributed by atoms with Gasteiger partial charge in [0, 0.05) is 33.4 Å². The van der Waals surface area contributed by atoms with E-state index >= 15 is 0 Å². The number of rotatable bonds is 5. The van der Waals surface area contributed by atoms with Crippen LogP contribution in [0.2, 0.25) is 0 Å². The van der Waals surface area contributed by atoms with Crippen LogP contribution in [0.15, 0.2) is 12.4 Å². The molecule has 1 aromatic heterocycles. The minimum Gasteiger partial charge on any atom is -0.341 e. The van der Waals surface area contributed by atoms with Crippen molar-refractivity contribution in [1.82, 2.24) is 19.6 Å². The SMILES string of the molecule is CN(CC1CCN(CC2CCC2)CC1)C(=O)c1cnn(C)c1. The molecule has 0 N–H and O–H groups in total. The molecule has 1 saturated heterocycles. The standard InChI is InChI=1S/C17H28N4O/c1-19(17(22)16-10-18-20(2)13-16)11-15-6-8-21(9-7-15)12-14-4-3-5-14/h10,13-15H,3-9,11-12H2,1-2H3. The first-order valence-electron chi connectivity index (χ1n) is 8.58. The molecule has 1 amide bonds. The molecule has 1 aliphatic carbocycles. The molecule has 0 radical (unpaired) electrons. The minimum absolute atomic E-state index is 0.0880. The van der Waals surface area contributed by atoms with Crippen LogP contribution in [-0.2, 0) is 7.05 Å². The third-order valence-corrected chi connectivity index (χ3v) is 5.28. The van der Waals surface area contributed by atoms with Crippen molar-refractivity contribution in [2.45, 2.75) is 32.1 Å². The Morgan fingerprint density at radius 2 is 2.00 bits per heavy atom. The minimum atomic E-state index is 0.0880. The second-order valence-corrected chi connectivity index (χ2v) is 7.13. The smallest absolute Gasteiger partial charge is 0.256 e.